The van der Waals surface area contributed by atoms with Crippen LogP contribution in [0.4, 0.5) is 5.82 Å². The molecule has 0 bridgehead atoms. The van der Waals surface area contributed by atoms with Gasteiger partial charge in [-0.3, -0.25) is 9.36 Å². The largest absolute Gasteiger partial charge is 0.310 e. The number of carbonyl (C=O) groups is 1. The molecule has 8 heteroatoms. The molecule has 0 radical (unpaired) electrons. The highest BCUT2D eigenvalue weighted by Gasteiger charge is 2.18. The van der Waals surface area contributed by atoms with E-state index in [4.69, 9.17) is 0 Å². The van der Waals surface area contributed by atoms with Crippen molar-refractivity contribution in [2.24, 2.45) is 0 Å². The summed E-state index contributed by atoms with van der Waals surface area (Å²) >= 11 is 1.38. The summed E-state index contributed by atoms with van der Waals surface area (Å²) in [4.78, 5) is 12.7. The van der Waals surface area contributed by atoms with Gasteiger partial charge < -0.3 is 5.32 Å². The zero-order valence-corrected chi connectivity index (χ0v) is 20.1. The minimum atomic E-state index is -0.109. The van der Waals surface area contributed by atoms with Crippen molar-refractivity contribution in [3.05, 3.63) is 83.3 Å². The maximum absolute atomic E-state index is 12.7. The summed E-state index contributed by atoms with van der Waals surface area (Å²) in [5.41, 5.74) is 4.52. The fraction of sp³-hybridized carbons (Fsp3) is 0.280. The zero-order valence-electron chi connectivity index (χ0n) is 19.3. The van der Waals surface area contributed by atoms with Crippen molar-refractivity contribution in [2.75, 3.05) is 11.1 Å². The fourth-order valence-corrected chi connectivity index (χ4v) is 4.48. The molecule has 1 amide bonds. The first-order valence-electron chi connectivity index (χ1n) is 10.9. The maximum atomic E-state index is 12.7. The predicted molar refractivity (Wildman–Crippen MR) is 132 cm³/mol. The van der Waals surface area contributed by atoms with Gasteiger partial charge >= 0.3 is 0 Å². The average Bonchev–Trinajstić information content (AvgIpc) is 3.40. The van der Waals surface area contributed by atoms with Crippen LogP contribution in [0.15, 0.2) is 66.0 Å². The lowest BCUT2D eigenvalue weighted by molar-refractivity contribution is -0.113. The van der Waals surface area contributed by atoms with E-state index in [0.29, 0.717) is 17.4 Å². The molecule has 1 N–H and O–H groups in total. The summed E-state index contributed by atoms with van der Waals surface area (Å²) in [7, 11) is 0. The van der Waals surface area contributed by atoms with Crippen LogP contribution in [0, 0.1) is 13.8 Å². The molecule has 33 heavy (non-hydrogen) atoms. The lowest BCUT2D eigenvalue weighted by atomic mass is 10.1. The molecule has 0 atom stereocenters. The van der Waals surface area contributed by atoms with E-state index in [9.17, 15) is 4.79 Å². The molecule has 0 fully saturated rings. The van der Waals surface area contributed by atoms with Gasteiger partial charge in [0.05, 0.1) is 17.6 Å². The van der Waals surface area contributed by atoms with E-state index >= 15 is 0 Å². The fourth-order valence-electron chi connectivity index (χ4n) is 3.72. The molecule has 2 heterocycles. The number of aryl methyl sites for hydroxylation is 2. The standard InChI is InChI=1S/C25H28N6OS/c1-17(2)31-22(12-13-26-31)27-24(32)16-33-25-29-28-23(15-20-8-6-5-7-9-20)30(25)21-11-10-18(3)14-19(21)4/h5-14,17H,15-16H2,1-4H3,(H,27,32). The lowest BCUT2D eigenvalue weighted by Gasteiger charge is -2.14. The van der Waals surface area contributed by atoms with Crippen LogP contribution in [0.25, 0.3) is 5.69 Å². The Morgan fingerprint density at radius 2 is 1.85 bits per heavy atom. The summed E-state index contributed by atoms with van der Waals surface area (Å²) < 4.78 is 3.86. The van der Waals surface area contributed by atoms with E-state index in [1.54, 1.807) is 16.9 Å². The summed E-state index contributed by atoms with van der Waals surface area (Å²) in [6.07, 6.45) is 2.34. The predicted octanol–water partition coefficient (Wildman–Crippen LogP) is 4.98. The molecule has 0 aliphatic rings. The Bertz CT molecular complexity index is 1250. The zero-order chi connectivity index (χ0) is 23.4. The molecule has 0 unspecified atom stereocenters. The number of carbonyl (C=O) groups excluding carboxylic acids is 1. The van der Waals surface area contributed by atoms with Crippen molar-refractivity contribution in [3.8, 4) is 5.69 Å². The number of rotatable bonds is 8. The Balaban J connectivity index is 1.58. The Labute approximate surface area is 198 Å². The van der Waals surface area contributed by atoms with E-state index < -0.39 is 0 Å². The third kappa shape index (κ3) is 5.34. The van der Waals surface area contributed by atoms with Crippen molar-refractivity contribution < 1.29 is 4.79 Å². The summed E-state index contributed by atoms with van der Waals surface area (Å²) in [6, 6.07) is 18.5. The molecule has 0 aliphatic carbocycles. The molecule has 4 aromatic rings. The lowest BCUT2D eigenvalue weighted by Crippen LogP contribution is -2.18. The molecule has 4 rings (SSSR count). The SMILES string of the molecule is Cc1ccc(-n2c(Cc3ccccc3)nnc2SCC(=O)Nc2ccnn2C(C)C)c(C)c1. The van der Waals surface area contributed by atoms with Gasteiger partial charge in [-0.05, 0) is 44.9 Å². The van der Waals surface area contributed by atoms with Crippen molar-refractivity contribution in [1.29, 1.82) is 0 Å². The van der Waals surface area contributed by atoms with Crippen LogP contribution in [0.1, 0.15) is 42.4 Å². The van der Waals surface area contributed by atoms with Gasteiger partial charge in [-0.15, -0.1) is 10.2 Å². The van der Waals surface area contributed by atoms with Crippen LogP contribution in [0.5, 0.6) is 0 Å². The minimum Gasteiger partial charge on any atom is -0.310 e. The topological polar surface area (TPSA) is 77.6 Å². The molecule has 2 aromatic heterocycles. The van der Waals surface area contributed by atoms with Gasteiger partial charge in [0, 0.05) is 18.5 Å². The number of aromatic nitrogens is 5. The van der Waals surface area contributed by atoms with Crippen LogP contribution in [-0.4, -0.2) is 36.2 Å². The highest BCUT2D eigenvalue weighted by atomic mass is 32.2. The molecule has 0 saturated heterocycles. The third-order valence-corrected chi connectivity index (χ3v) is 6.19. The second kappa shape index (κ2) is 10.0. The Morgan fingerprint density at radius 3 is 2.58 bits per heavy atom. The number of anilines is 1. The number of amides is 1. The average molecular weight is 461 g/mol. The van der Waals surface area contributed by atoms with E-state index in [0.717, 1.165) is 22.6 Å². The van der Waals surface area contributed by atoms with Gasteiger partial charge in [-0.1, -0.05) is 59.8 Å². The first kappa shape index (κ1) is 22.8. The van der Waals surface area contributed by atoms with Crippen LogP contribution >= 0.6 is 11.8 Å². The second-order valence-corrected chi connectivity index (χ2v) is 9.22. The monoisotopic (exact) mass is 460 g/mol. The number of thioether (sulfide) groups is 1. The number of nitrogens with zero attached hydrogens (tertiary/aromatic N) is 5. The molecule has 7 nitrogen and oxygen atoms in total. The number of hydrogen-bond acceptors (Lipinski definition) is 5. The molecule has 2 aromatic carbocycles. The molecular weight excluding hydrogens is 432 g/mol. The highest BCUT2D eigenvalue weighted by Crippen LogP contribution is 2.26. The molecule has 0 spiro atoms. The van der Waals surface area contributed by atoms with E-state index in [2.05, 4.69) is 69.4 Å². The number of hydrogen-bond donors (Lipinski definition) is 1. The van der Waals surface area contributed by atoms with Crippen molar-refractivity contribution in [1.82, 2.24) is 24.5 Å². The summed E-state index contributed by atoms with van der Waals surface area (Å²) in [6.45, 7) is 8.22. The van der Waals surface area contributed by atoms with Crippen LogP contribution in [0.3, 0.4) is 0 Å². The Morgan fingerprint density at radius 1 is 1.06 bits per heavy atom. The summed E-state index contributed by atoms with van der Waals surface area (Å²) in [5, 5.41) is 16.8. The minimum absolute atomic E-state index is 0.109. The molecular formula is C25H28N6OS. The first-order valence-corrected chi connectivity index (χ1v) is 11.9. The molecule has 170 valence electrons. The van der Waals surface area contributed by atoms with Crippen LogP contribution in [-0.2, 0) is 11.2 Å². The normalized spacial score (nSPS) is 11.2. The first-order chi connectivity index (χ1) is 15.9. The quantitative estimate of drug-likeness (QED) is 0.375. The van der Waals surface area contributed by atoms with Crippen molar-refractivity contribution >= 4 is 23.5 Å². The van der Waals surface area contributed by atoms with Gasteiger partial charge in [-0.25, -0.2) is 4.68 Å². The van der Waals surface area contributed by atoms with Crippen LogP contribution < -0.4 is 5.32 Å². The van der Waals surface area contributed by atoms with Gasteiger partial charge in [0.15, 0.2) is 5.16 Å². The Kier molecular flexibility index (Phi) is 6.93. The van der Waals surface area contributed by atoms with Crippen molar-refractivity contribution in [3.63, 3.8) is 0 Å². The van der Waals surface area contributed by atoms with Crippen LogP contribution in [0.2, 0.25) is 0 Å². The Hall–Kier alpha value is -3.39. The number of nitrogens with one attached hydrogen (secondary N) is 1. The van der Waals surface area contributed by atoms with Gasteiger partial charge in [0.2, 0.25) is 5.91 Å². The maximum Gasteiger partial charge on any atom is 0.235 e. The van der Waals surface area contributed by atoms with Gasteiger partial charge in [0.25, 0.3) is 0 Å². The van der Waals surface area contributed by atoms with Gasteiger partial charge in [-0.2, -0.15) is 5.10 Å². The third-order valence-electron chi connectivity index (χ3n) is 5.26. The molecule has 0 saturated carbocycles. The second-order valence-electron chi connectivity index (χ2n) is 8.28. The highest BCUT2D eigenvalue weighted by molar-refractivity contribution is 7.99. The number of benzene rings is 2. The summed E-state index contributed by atoms with van der Waals surface area (Å²) in [5.74, 6) is 1.64. The van der Waals surface area contributed by atoms with E-state index in [-0.39, 0.29) is 17.7 Å². The smallest absolute Gasteiger partial charge is 0.235 e. The molecule has 0 aliphatic heterocycles. The van der Waals surface area contributed by atoms with Gasteiger partial charge in [0.1, 0.15) is 11.6 Å². The van der Waals surface area contributed by atoms with Crippen molar-refractivity contribution in [2.45, 2.75) is 45.3 Å². The van der Waals surface area contributed by atoms with E-state index in [1.165, 1.54) is 17.3 Å². The van der Waals surface area contributed by atoms with E-state index in [1.807, 2.05) is 32.0 Å².